The fraction of sp³-hybridized carbons (Fsp3) is 0.318. The second-order valence-corrected chi connectivity index (χ2v) is 7.51. The lowest BCUT2D eigenvalue weighted by molar-refractivity contribution is -0.131. The van der Waals surface area contributed by atoms with E-state index in [1.165, 1.54) is 4.90 Å². The van der Waals surface area contributed by atoms with Gasteiger partial charge in [-0.25, -0.2) is 10.3 Å². The van der Waals surface area contributed by atoms with Crippen molar-refractivity contribution in [1.82, 2.24) is 15.7 Å². The summed E-state index contributed by atoms with van der Waals surface area (Å²) in [6.07, 6.45) is -0.674. The third-order valence-corrected chi connectivity index (χ3v) is 5.36. The monoisotopic (exact) mass is 427 g/mol. The molecule has 0 unspecified atom stereocenters. The van der Waals surface area contributed by atoms with Crippen molar-refractivity contribution in [3.63, 3.8) is 0 Å². The summed E-state index contributed by atoms with van der Waals surface area (Å²) in [6, 6.07) is 16.3. The minimum absolute atomic E-state index is 0.152. The average Bonchev–Trinajstić information content (AvgIpc) is 2.79. The molecule has 0 saturated carbocycles. The highest BCUT2D eigenvalue weighted by Crippen LogP contribution is 2.27. The molecular weight excluding hydrogens is 402 g/mol. The molecule has 0 spiro atoms. The number of nitrogens with zero attached hydrogens (tertiary/aromatic N) is 1. The molecule has 164 valence electrons. The number of nitrogens with one attached hydrogen (secondary N) is 2. The maximum absolute atomic E-state index is 12.8. The molecule has 2 aromatic carbocycles. The van der Waals surface area contributed by atoms with E-state index in [9.17, 15) is 14.4 Å². The Morgan fingerprint density at radius 3 is 2.23 bits per heavy atom. The maximum atomic E-state index is 12.8. The second-order valence-electron chi connectivity index (χ2n) is 7.51. The first-order valence-corrected chi connectivity index (χ1v) is 9.91. The number of carbonyl (C=O) groups is 3. The number of ether oxygens (including phenoxy) is 1. The molecule has 1 aliphatic rings. The molecule has 0 aliphatic carbocycles. The van der Waals surface area contributed by atoms with E-state index in [1.807, 2.05) is 30.3 Å². The van der Waals surface area contributed by atoms with Crippen LogP contribution in [0.15, 0.2) is 54.6 Å². The number of hydrogen-bond acceptors (Lipinski definition) is 5. The van der Waals surface area contributed by atoms with Crippen LogP contribution in [0.2, 0.25) is 0 Å². The van der Waals surface area contributed by atoms with Gasteiger partial charge in [-0.2, -0.15) is 0 Å². The molecule has 1 saturated heterocycles. The van der Waals surface area contributed by atoms with Crippen molar-refractivity contribution in [2.24, 2.45) is 0 Å². The van der Waals surface area contributed by atoms with Gasteiger partial charge in [0.15, 0.2) is 0 Å². The van der Waals surface area contributed by atoms with Crippen molar-refractivity contribution in [2.45, 2.75) is 31.4 Å². The number of hydrogen-bond donors (Lipinski definition) is 4. The van der Waals surface area contributed by atoms with E-state index in [-0.39, 0.29) is 38.3 Å². The van der Waals surface area contributed by atoms with E-state index in [0.717, 1.165) is 5.56 Å². The molecule has 1 fully saturated rings. The SMILES string of the molecule is O=C(CC1(NC(=O)c2ccc(OCc3ccccc3)cc2)CCN(C(=O)O)CC1)NO. The molecule has 9 heteroatoms. The van der Waals surface area contributed by atoms with Crippen LogP contribution in [0.4, 0.5) is 4.79 Å². The first-order valence-electron chi connectivity index (χ1n) is 9.91. The summed E-state index contributed by atoms with van der Waals surface area (Å²) in [4.78, 5) is 37.0. The molecule has 2 aromatic rings. The predicted molar refractivity (Wildman–Crippen MR) is 111 cm³/mol. The quantitative estimate of drug-likeness (QED) is 0.397. The number of carboxylic acid groups (broad SMARTS) is 1. The van der Waals surface area contributed by atoms with Gasteiger partial charge in [0.05, 0.1) is 12.0 Å². The lowest BCUT2D eigenvalue weighted by Gasteiger charge is -2.41. The van der Waals surface area contributed by atoms with Crippen molar-refractivity contribution in [3.8, 4) is 5.75 Å². The van der Waals surface area contributed by atoms with Crippen molar-refractivity contribution in [2.75, 3.05) is 13.1 Å². The Hall–Kier alpha value is -3.59. The topological polar surface area (TPSA) is 128 Å². The van der Waals surface area contributed by atoms with Crippen molar-refractivity contribution < 1.29 is 29.4 Å². The molecule has 4 N–H and O–H groups in total. The summed E-state index contributed by atoms with van der Waals surface area (Å²) in [5.41, 5.74) is 2.05. The van der Waals surface area contributed by atoms with E-state index in [1.54, 1.807) is 29.7 Å². The summed E-state index contributed by atoms with van der Waals surface area (Å²) in [5.74, 6) is -0.414. The number of rotatable bonds is 7. The Bertz CT molecular complexity index is 909. The van der Waals surface area contributed by atoms with Crippen molar-refractivity contribution >= 4 is 17.9 Å². The molecule has 0 aromatic heterocycles. The smallest absolute Gasteiger partial charge is 0.407 e. The summed E-state index contributed by atoms with van der Waals surface area (Å²) in [6.45, 7) is 0.771. The zero-order chi connectivity index (χ0) is 22.3. The Kier molecular flexibility index (Phi) is 7.09. The van der Waals surface area contributed by atoms with Gasteiger partial charge in [0, 0.05) is 18.7 Å². The predicted octanol–water partition coefficient (Wildman–Crippen LogP) is 2.40. The minimum atomic E-state index is -1.04. The first-order chi connectivity index (χ1) is 14.9. The van der Waals surface area contributed by atoms with Gasteiger partial charge in [0.2, 0.25) is 5.91 Å². The largest absolute Gasteiger partial charge is 0.489 e. The zero-order valence-electron chi connectivity index (χ0n) is 16.9. The maximum Gasteiger partial charge on any atom is 0.407 e. The van der Waals surface area contributed by atoms with E-state index >= 15 is 0 Å². The average molecular weight is 427 g/mol. The van der Waals surface area contributed by atoms with Crippen LogP contribution in [0.5, 0.6) is 5.75 Å². The fourth-order valence-electron chi connectivity index (χ4n) is 3.58. The van der Waals surface area contributed by atoms with Crippen LogP contribution in [0.25, 0.3) is 0 Å². The molecule has 0 atom stereocenters. The normalized spacial score (nSPS) is 15.1. The highest BCUT2D eigenvalue weighted by atomic mass is 16.5. The summed E-state index contributed by atoms with van der Waals surface area (Å²) in [5, 5.41) is 20.9. The fourth-order valence-corrected chi connectivity index (χ4v) is 3.58. The molecule has 0 bridgehead atoms. The van der Waals surface area contributed by atoms with Crippen LogP contribution in [0.3, 0.4) is 0 Å². The third kappa shape index (κ3) is 5.95. The van der Waals surface area contributed by atoms with E-state index < -0.39 is 17.5 Å². The summed E-state index contributed by atoms with van der Waals surface area (Å²) >= 11 is 0. The van der Waals surface area contributed by atoms with E-state index in [0.29, 0.717) is 17.9 Å². The minimum Gasteiger partial charge on any atom is -0.489 e. The molecule has 3 rings (SSSR count). The highest BCUT2D eigenvalue weighted by molar-refractivity contribution is 5.95. The van der Waals surface area contributed by atoms with Gasteiger partial charge in [-0.15, -0.1) is 0 Å². The van der Waals surface area contributed by atoms with Crippen LogP contribution in [0.1, 0.15) is 35.2 Å². The molecule has 0 radical (unpaired) electrons. The molecule has 31 heavy (non-hydrogen) atoms. The zero-order valence-corrected chi connectivity index (χ0v) is 16.9. The van der Waals surface area contributed by atoms with E-state index in [2.05, 4.69) is 5.32 Å². The highest BCUT2D eigenvalue weighted by Gasteiger charge is 2.39. The second kappa shape index (κ2) is 9.94. The van der Waals surface area contributed by atoms with Gasteiger partial charge in [-0.05, 0) is 42.7 Å². The third-order valence-electron chi connectivity index (χ3n) is 5.36. The first kappa shape index (κ1) is 22.1. The van der Waals surface area contributed by atoms with Gasteiger partial charge in [0.25, 0.3) is 5.91 Å². The Morgan fingerprint density at radius 2 is 1.65 bits per heavy atom. The van der Waals surface area contributed by atoms with Crippen LogP contribution < -0.4 is 15.5 Å². The summed E-state index contributed by atoms with van der Waals surface area (Å²) < 4.78 is 5.72. The molecular formula is C22H25N3O6. The van der Waals surface area contributed by atoms with Gasteiger partial charge in [-0.1, -0.05) is 30.3 Å². The molecule has 1 aliphatic heterocycles. The lowest BCUT2D eigenvalue weighted by atomic mass is 9.83. The van der Waals surface area contributed by atoms with Crippen molar-refractivity contribution in [3.05, 3.63) is 65.7 Å². The van der Waals surface area contributed by atoms with Crippen LogP contribution in [-0.4, -0.2) is 51.7 Å². The Labute approximate surface area is 179 Å². The number of benzene rings is 2. The van der Waals surface area contributed by atoms with Crippen LogP contribution in [0, 0.1) is 0 Å². The van der Waals surface area contributed by atoms with Gasteiger partial charge in [0.1, 0.15) is 12.4 Å². The molecule has 3 amide bonds. The summed E-state index contributed by atoms with van der Waals surface area (Å²) in [7, 11) is 0. The Balaban J connectivity index is 1.64. The lowest BCUT2D eigenvalue weighted by Crippen LogP contribution is -2.57. The molecule has 9 nitrogen and oxygen atoms in total. The van der Waals surface area contributed by atoms with Crippen molar-refractivity contribution in [1.29, 1.82) is 0 Å². The standard InChI is InChI=1S/C22H25N3O6/c26-19(24-30)14-22(10-12-25(13-11-22)21(28)29)23-20(27)17-6-8-18(9-7-17)31-15-16-4-2-1-3-5-16/h1-9,30H,10-15H2,(H,23,27)(H,24,26)(H,28,29). The number of piperidine rings is 1. The van der Waals surface area contributed by atoms with Gasteiger partial charge < -0.3 is 20.1 Å². The van der Waals surface area contributed by atoms with Gasteiger partial charge >= 0.3 is 6.09 Å². The van der Waals surface area contributed by atoms with Gasteiger partial charge in [-0.3, -0.25) is 14.8 Å². The number of likely N-dealkylation sites (tertiary alicyclic amines) is 1. The van der Waals surface area contributed by atoms with Crippen LogP contribution in [-0.2, 0) is 11.4 Å². The number of amides is 3. The Morgan fingerprint density at radius 1 is 1.00 bits per heavy atom. The number of carbonyl (C=O) groups excluding carboxylic acids is 2. The molecule has 1 heterocycles. The van der Waals surface area contributed by atoms with Crippen LogP contribution >= 0.6 is 0 Å². The number of hydroxylamine groups is 1. The van der Waals surface area contributed by atoms with E-state index in [4.69, 9.17) is 15.1 Å².